The minimum absolute atomic E-state index is 0.241. The summed E-state index contributed by atoms with van der Waals surface area (Å²) < 4.78 is 13.4. The Bertz CT molecular complexity index is 1010. The lowest BCUT2D eigenvalue weighted by Gasteiger charge is -2.07. The second-order valence-corrected chi connectivity index (χ2v) is 7.61. The summed E-state index contributed by atoms with van der Waals surface area (Å²) in [4.78, 5) is 9.22. The molecule has 1 aromatic heterocycles. The largest absolute Gasteiger partial charge is 0.264 e. The molecular formula is C25H23FN2. The van der Waals surface area contributed by atoms with Crippen molar-refractivity contribution in [2.45, 2.75) is 26.7 Å². The van der Waals surface area contributed by atoms with Gasteiger partial charge in [-0.2, -0.15) is 0 Å². The zero-order chi connectivity index (χ0) is 19.5. The fraction of sp³-hybridized carbons (Fsp3) is 0.200. The summed E-state index contributed by atoms with van der Waals surface area (Å²) in [6.45, 7) is 4.46. The first-order valence-corrected chi connectivity index (χ1v) is 9.66. The summed E-state index contributed by atoms with van der Waals surface area (Å²) in [5.74, 6) is 0.397. The Morgan fingerprint density at radius 2 is 1.61 bits per heavy atom. The van der Waals surface area contributed by atoms with Crippen LogP contribution in [0.15, 0.2) is 78.0 Å². The molecule has 0 spiro atoms. The normalized spacial score (nSPS) is 13.9. The Hall–Kier alpha value is -3.07. The van der Waals surface area contributed by atoms with Crippen molar-refractivity contribution in [1.82, 2.24) is 4.98 Å². The monoisotopic (exact) mass is 370 g/mol. The average Bonchev–Trinajstić information content (AvgIpc) is 3.15. The molecule has 0 atom stereocenters. The number of aliphatic imine (C=N–C) groups is 1. The van der Waals surface area contributed by atoms with E-state index in [0.717, 1.165) is 46.5 Å². The van der Waals surface area contributed by atoms with Crippen LogP contribution in [0.25, 0.3) is 11.3 Å². The molecule has 0 N–H and O–H groups in total. The lowest BCUT2D eigenvalue weighted by molar-refractivity contribution is 0.627. The average molecular weight is 370 g/mol. The van der Waals surface area contributed by atoms with Crippen molar-refractivity contribution in [1.29, 1.82) is 0 Å². The molecule has 2 heterocycles. The van der Waals surface area contributed by atoms with E-state index in [1.165, 1.54) is 17.7 Å². The first-order chi connectivity index (χ1) is 13.6. The maximum Gasteiger partial charge on any atom is 0.123 e. The van der Waals surface area contributed by atoms with Gasteiger partial charge in [0.15, 0.2) is 0 Å². The van der Waals surface area contributed by atoms with Gasteiger partial charge >= 0.3 is 0 Å². The standard InChI is InChI=1S/C25H23FN2/c1-17(2)14-18-5-7-19(8-6-18)24-15-23(21-4-3-13-27-16-21)25(28-24)20-9-11-22(26)12-10-20/h3-13,16-17H,14-15H2,1-2H3. The molecule has 0 radical (unpaired) electrons. The molecule has 0 saturated carbocycles. The highest BCUT2D eigenvalue weighted by Crippen LogP contribution is 2.36. The number of aromatic nitrogens is 1. The highest BCUT2D eigenvalue weighted by Gasteiger charge is 2.22. The third-order valence-electron chi connectivity index (χ3n) is 4.94. The third-order valence-corrected chi connectivity index (χ3v) is 4.94. The van der Waals surface area contributed by atoms with Crippen LogP contribution in [0.2, 0.25) is 0 Å². The van der Waals surface area contributed by atoms with E-state index in [2.05, 4.69) is 49.2 Å². The van der Waals surface area contributed by atoms with Crippen LogP contribution in [-0.2, 0) is 6.42 Å². The molecule has 0 amide bonds. The van der Waals surface area contributed by atoms with Crippen LogP contribution in [0.4, 0.5) is 4.39 Å². The SMILES string of the molecule is CC(C)Cc1ccc(C2=NC(c3ccc(F)cc3)=C(c3cccnc3)C2)cc1. The Morgan fingerprint density at radius 3 is 2.25 bits per heavy atom. The Morgan fingerprint density at radius 1 is 0.893 bits per heavy atom. The Balaban J connectivity index is 1.70. The number of hydrogen-bond donors (Lipinski definition) is 0. The minimum Gasteiger partial charge on any atom is -0.264 e. The smallest absolute Gasteiger partial charge is 0.123 e. The second-order valence-electron chi connectivity index (χ2n) is 7.61. The molecule has 1 aliphatic heterocycles. The first kappa shape index (κ1) is 18.3. The van der Waals surface area contributed by atoms with Gasteiger partial charge in [0.2, 0.25) is 0 Å². The van der Waals surface area contributed by atoms with Gasteiger partial charge in [-0.15, -0.1) is 0 Å². The number of halogens is 1. The summed E-state index contributed by atoms with van der Waals surface area (Å²) in [7, 11) is 0. The van der Waals surface area contributed by atoms with Crippen molar-refractivity contribution in [2.24, 2.45) is 10.9 Å². The van der Waals surface area contributed by atoms with Crippen LogP contribution in [0, 0.1) is 11.7 Å². The van der Waals surface area contributed by atoms with Crippen LogP contribution in [0.3, 0.4) is 0 Å². The van der Waals surface area contributed by atoms with Crippen LogP contribution in [0.5, 0.6) is 0 Å². The van der Waals surface area contributed by atoms with E-state index in [4.69, 9.17) is 4.99 Å². The fourth-order valence-corrected chi connectivity index (χ4v) is 3.59. The van der Waals surface area contributed by atoms with E-state index in [-0.39, 0.29) is 5.82 Å². The van der Waals surface area contributed by atoms with Gasteiger partial charge in [0.25, 0.3) is 0 Å². The minimum atomic E-state index is -0.241. The van der Waals surface area contributed by atoms with Gasteiger partial charge in [0.1, 0.15) is 5.82 Å². The fourth-order valence-electron chi connectivity index (χ4n) is 3.59. The van der Waals surface area contributed by atoms with Crippen molar-refractivity contribution in [2.75, 3.05) is 0 Å². The molecule has 4 rings (SSSR count). The molecule has 3 aromatic rings. The van der Waals surface area contributed by atoms with E-state index < -0.39 is 0 Å². The number of allylic oxidation sites excluding steroid dienone is 1. The summed E-state index contributed by atoms with van der Waals surface area (Å²) >= 11 is 0. The quantitative estimate of drug-likeness (QED) is 0.526. The van der Waals surface area contributed by atoms with E-state index >= 15 is 0 Å². The molecular weight excluding hydrogens is 347 g/mol. The van der Waals surface area contributed by atoms with E-state index in [0.29, 0.717) is 5.92 Å². The van der Waals surface area contributed by atoms with Crippen molar-refractivity contribution in [3.63, 3.8) is 0 Å². The predicted molar refractivity (Wildman–Crippen MR) is 114 cm³/mol. The number of pyridine rings is 1. The summed E-state index contributed by atoms with van der Waals surface area (Å²) in [5, 5.41) is 0. The number of benzene rings is 2. The summed E-state index contributed by atoms with van der Waals surface area (Å²) in [6.07, 6.45) is 5.45. The molecule has 0 unspecified atom stereocenters. The number of rotatable bonds is 5. The van der Waals surface area contributed by atoms with Gasteiger partial charge in [0.05, 0.1) is 11.4 Å². The molecule has 0 aliphatic carbocycles. The molecule has 3 heteroatoms. The highest BCUT2D eigenvalue weighted by molar-refractivity contribution is 6.16. The van der Waals surface area contributed by atoms with Crippen LogP contribution >= 0.6 is 0 Å². The molecule has 0 bridgehead atoms. The summed E-state index contributed by atoms with van der Waals surface area (Å²) in [5.41, 5.74) is 7.51. The molecule has 2 aromatic carbocycles. The molecule has 1 aliphatic rings. The van der Waals surface area contributed by atoms with Gasteiger partial charge in [-0.3, -0.25) is 9.98 Å². The number of hydrogen-bond acceptors (Lipinski definition) is 2. The Labute approximate surface area is 165 Å². The second kappa shape index (κ2) is 7.89. The zero-order valence-electron chi connectivity index (χ0n) is 16.2. The molecule has 0 fully saturated rings. The van der Waals surface area contributed by atoms with Gasteiger partial charge in [-0.1, -0.05) is 44.2 Å². The van der Waals surface area contributed by atoms with Crippen LogP contribution in [-0.4, -0.2) is 10.7 Å². The molecule has 140 valence electrons. The Kier molecular flexibility index (Phi) is 5.16. The third kappa shape index (κ3) is 3.94. The van der Waals surface area contributed by atoms with E-state index in [1.807, 2.05) is 12.3 Å². The van der Waals surface area contributed by atoms with Crippen molar-refractivity contribution in [3.05, 3.63) is 101 Å². The first-order valence-electron chi connectivity index (χ1n) is 9.66. The highest BCUT2D eigenvalue weighted by atomic mass is 19.1. The molecule has 28 heavy (non-hydrogen) atoms. The van der Waals surface area contributed by atoms with Crippen molar-refractivity contribution < 1.29 is 4.39 Å². The molecule has 2 nitrogen and oxygen atoms in total. The van der Waals surface area contributed by atoms with Gasteiger partial charge in [-0.05, 0) is 64.9 Å². The maximum atomic E-state index is 13.4. The topological polar surface area (TPSA) is 25.2 Å². The maximum absolute atomic E-state index is 13.4. The van der Waals surface area contributed by atoms with Crippen LogP contribution < -0.4 is 0 Å². The van der Waals surface area contributed by atoms with Gasteiger partial charge < -0.3 is 0 Å². The predicted octanol–water partition coefficient (Wildman–Crippen LogP) is 6.18. The van der Waals surface area contributed by atoms with Crippen LogP contribution in [0.1, 0.15) is 42.5 Å². The lowest BCUT2D eigenvalue weighted by atomic mass is 9.96. The molecule has 0 saturated heterocycles. The van der Waals surface area contributed by atoms with Crippen molar-refractivity contribution >= 4 is 17.0 Å². The zero-order valence-corrected chi connectivity index (χ0v) is 16.2. The van der Waals surface area contributed by atoms with E-state index in [9.17, 15) is 4.39 Å². The number of nitrogens with zero attached hydrogens (tertiary/aromatic N) is 2. The van der Waals surface area contributed by atoms with E-state index in [1.54, 1.807) is 18.3 Å². The van der Waals surface area contributed by atoms with Gasteiger partial charge in [-0.25, -0.2) is 4.39 Å². The summed E-state index contributed by atoms with van der Waals surface area (Å²) in [6, 6.07) is 19.2. The van der Waals surface area contributed by atoms with Crippen molar-refractivity contribution in [3.8, 4) is 0 Å². The van der Waals surface area contributed by atoms with Gasteiger partial charge in [0, 0.05) is 24.4 Å². The lowest BCUT2D eigenvalue weighted by Crippen LogP contribution is -2.00.